The minimum absolute atomic E-state index is 0.0153. The fraction of sp³-hybridized carbons (Fsp3) is 0.182. The van der Waals surface area contributed by atoms with Crippen molar-refractivity contribution in [2.24, 2.45) is 0 Å². The second-order valence-corrected chi connectivity index (χ2v) is 7.00. The van der Waals surface area contributed by atoms with Crippen LogP contribution in [0.15, 0.2) is 66.7 Å². The van der Waals surface area contributed by atoms with E-state index >= 15 is 0 Å². The van der Waals surface area contributed by atoms with Gasteiger partial charge in [-0.15, -0.1) is 0 Å². The maximum atomic E-state index is 13.2. The number of halogens is 2. The van der Waals surface area contributed by atoms with E-state index in [0.29, 0.717) is 5.56 Å². The van der Waals surface area contributed by atoms with E-state index in [1.807, 2.05) is 42.5 Å². The van der Waals surface area contributed by atoms with E-state index in [2.05, 4.69) is 10.1 Å². The third-order valence-electron chi connectivity index (χ3n) is 5.09. The molecule has 1 aliphatic rings. The van der Waals surface area contributed by atoms with Crippen LogP contribution < -0.4 is 10.1 Å². The van der Waals surface area contributed by atoms with Crippen molar-refractivity contribution in [2.45, 2.75) is 25.6 Å². The average Bonchev–Trinajstić information content (AvgIpc) is 2.92. The maximum Gasteiger partial charge on any atom is 0.387 e. The summed E-state index contributed by atoms with van der Waals surface area (Å²) < 4.78 is 28.9. The first-order valence-corrected chi connectivity index (χ1v) is 9.04. The van der Waals surface area contributed by atoms with Crippen LogP contribution in [-0.4, -0.2) is 23.4 Å². The molecule has 5 nitrogen and oxygen atoms in total. The van der Waals surface area contributed by atoms with Crippen LogP contribution in [0.1, 0.15) is 18.1 Å². The third-order valence-corrected chi connectivity index (χ3v) is 5.09. The quantitative estimate of drug-likeness (QED) is 0.650. The first kappa shape index (κ1) is 18.9. The predicted octanol–water partition coefficient (Wildman–Crippen LogP) is 4.41. The number of amides is 3. The molecule has 0 radical (unpaired) electrons. The molecule has 0 spiro atoms. The summed E-state index contributed by atoms with van der Waals surface area (Å²) in [5.41, 5.74) is 0.144. The van der Waals surface area contributed by atoms with E-state index in [9.17, 15) is 18.4 Å². The molecule has 0 bridgehead atoms. The molecule has 1 unspecified atom stereocenters. The Bertz CT molecular complexity index is 1080. The van der Waals surface area contributed by atoms with Crippen LogP contribution in [-0.2, 0) is 16.9 Å². The van der Waals surface area contributed by atoms with E-state index < -0.39 is 18.2 Å². The molecule has 148 valence electrons. The minimum Gasteiger partial charge on any atom is -0.435 e. The van der Waals surface area contributed by atoms with Gasteiger partial charge in [-0.05, 0) is 41.0 Å². The van der Waals surface area contributed by atoms with E-state index in [1.165, 1.54) is 12.1 Å². The number of carbonyl (C=O) groups excluding carboxylic acids is 2. The normalized spacial score (nSPS) is 19.1. The predicted molar refractivity (Wildman–Crippen MR) is 103 cm³/mol. The van der Waals surface area contributed by atoms with Gasteiger partial charge in [0.15, 0.2) is 0 Å². The number of hydrogen-bond donors (Lipinski definition) is 1. The number of alkyl halides is 2. The molecule has 7 heteroatoms. The number of hydrogen-bond acceptors (Lipinski definition) is 3. The van der Waals surface area contributed by atoms with Crippen LogP contribution in [0.4, 0.5) is 13.6 Å². The number of nitrogens with one attached hydrogen (secondary N) is 1. The summed E-state index contributed by atoms with van der Waals surface area (Å²) in [5.74, 6) is -0.353. The molecule has 29 heavy (non-hydrogen) atoms. The Morgan fingerprint density at radius 3 is 2.41 bits per heavy atom. The molecule has 3 aromatic carbocycles. The van der Waals surface area contributed by atoms with Crippen molar-refractivity contribution < 1.29 is 23.1 Å². The van der Waals surface area contributed by atoms with Gasteiger partial charge in [0.25, 0.3) is 5.91 Å². The van der Waals surface area contributed by atoms with Crippen molar-refractivity contribution in [3.05, 3.63) is 77.9 Å². The Labute approximate surface area is 165 Å². The number of carbonyl (C=O) groups is 2. The van der Waals surface area contributed by atoms with E-state index in [4.69, 9.17) is 0 Å². The molecule has 1 heterocycles. The largest absolute Gasteiger partial charge is 0.435 e. The van der Waals surface area contributed by atoms with E-state index in [1.54, 1.807) is 19.1 Å². The van der Waals surface area contributed by atoms with Gasteiger partial charge >= 0.3 is 12.6 Å². The highest BCUT2D eigenvalue weighted by Crippen LogP contribution is 2.34. The molecule has 1 N–H and O–H groups in total. The van der Waals surface area contributed by atoms with Crippen LogP contribution in [0.3, 0.4) is 0 Å². The highest BCUT2D eigenvalue weighted by molar-refractivity contribution is 6.09. The van der Waals surface area contributed by atoms with E-state index in [0.717, 1.165) is 21.2 Å². The number of imide groups is 1. The fourth-order valence-electron chi connectivity index (χ4n) is 3.64. The van der Waals surface area contributed by atoms with Crippen molar-refractivity contribution in [2.75, 3.05) is 0 Å². The zero-order chi connectivity index (χ0) is 20.6. The molecule has 0 saturated carbocycles. The lowest BCUT2D eigenvalue weighted by atomic mass is 9.88. The molecular formula is C22H18F2N2O3. The summed E-state index contributed by atoms with van der Waals surface area (Å²) in [5, 5.41) is 4.67. The Kier molecular flexibility index (Phi) is 4.66. The number of ether oxygens (including phenoxy) is 1. The van der Waals surface area contributed by atoms with Gasteiger partial charge < -0.3 is 10.1 Å². The highest BCUT2D eigenvalue weighted by atomic mass is 19.3. The van der Waals surface area contributed by atoms with Gasteiger partial charge in [0, 0.05) is 0 Å². The summed E-state index contributed by atoms with van der Waals surface area (Å²) in [6.07, 6.45) is 0. The summed E-state index contributed by atoms with van der Waals surface area (Å²) in [6, 6.07) is 18.7. The second-order valence-electron chi connectivity index (χ2n) is 7.00. The zero-order valence-corrected chi connectivity index (χ0v) is 15.6. The molecule has 0 aromatic heterocycles. The standard InChI is InChI=1S/C22H18F2N2O3/c1-22(18-8-4-6-15-5-2-3-7-17(15)18)19(27)26(21(28)25-22)13-14-9-11-16(12-10-14)29-20(23)24/h2-12,20H,13H2,1H3,(H,25,28). The van der Waals surface area contributed by atoms with Gasteiger partial charge in [-0.1, -0.05) is 54.6 Å². The van der Waals surface area contributed by atoms with Crippen molar-refractivity contribution in [3.8, 4) is 5.75 Å². The van der Waals surface area contributed by atoms with Crippen molar-refractivity contribution in [1.29, 1.82) is 0 Å². The van der Waals surface area contributed by atoms with Gasteiger partial charge in [-0.25, -0.2) is 4.79 Å². The van der Waals surface area contributed by atoms with Gasteiger partial charge in [0.1, 0.15) is 11.3 Å². The minimum atomic E-state index is -2.91. The summed E-state index contributed by atoms with van der Waals surface area (Å²) in [6.45, 7) is -1.19. The first-order valence-electron chi connectivity index (χ1n) is 9.04. The number of rotatable bonds is 5. The van der Waals surface area contributed by atoms with Crippen molar-refractivity contribution in [3.63, 3.8) is 0 Å². The topological polar surface area (TPSA) is 58.6 Å². The highest BCUT2D eigenvalue weighted by Gasteiger charge is 2.49. The Hall–Kier alpha value is -3.48. The molecule has 3 aromatic rings. The lowest BCUT2D eigenvalue weighted by Gasteiger charge is -2.24. The molecule has 1 atom stereocenters. The number of benzene rings is 3. The molecule has 3 amide bonds. The van der Waals surface area contributed by atoms with Crippen molar-refractivity contribution >= 4 is 22.7 Å². The van der Waals surface area contributed by atoms with Gasteiger partial charge in [0.05, 0.1) is 6.54 Å². The number of fused-ring (bicyclic) bond motifs is 1. The molecule has 4 rings (SSSR count). The second kappa shape index (κ2) is 7.16. The summed E-state index contributed by atoms with van der Waals surface area (Å²) >= 11 is 0. The van der Waals surface area contributed by atoms with Crippen LogP contribution in [0.5, 0.6) is 5.75 Å². The molecule has 1 fully saturated rings. The molecule has 1 saturated heterocycles. The maximum absolute atomic E-state index is 13.2. The monoisotopic (exact) mass is 396 g/mol. The zero-order valence-electron chi connectivity index (χ0n) is 15.6. The summed E-state index contributed by atoms with van der Waals surface area (Å²) in [4.78, 5) is 26.9. The molecule has 0 aliphatic carbocycles. The van der Waals surface area contributed by atoms with Crippen LogP contribution >= 0.6 is 0 Å². The Morgan fingerprint density at radius 1 is 1.00 bits per heavy atom. The number of nitrogens with zero attached hydrogens (tertiary/aromatic N) is 1. The average molecular weight is 396 g/mol. The molecule has 1 aliphatic heterocycles. The lowest BCUT2D eigenvalue weighted by molar-refractivity contribution is -0.131. The Morgan fingerprint density at radius 2 is 1.69 bits per heavy atom. The van der Waals surface area contributed by atoms with Crippen molar-refractivity contribution in [1.82, 2.24) is 10.2 Å². The van der Waals surface area contributed by atoms with E-state index in [-0.39, 0.29) is 18.2 Å². The summed E-state index contributed by atoms with van der Waals surface area (Å²) in [7, 11) is 0. The first-order chi connectivity index (χ1) is 13.9. The molecular weight excluding hydrogens is 378 g/mol. The van der Waals surface area contributed by atoms with Crippen LogP contribution in [0, 0.1) is 0 Å². The van der Waals surface area contributed by atoms with Crippen LogP contribution in [0.2, 0.25) is 0 Å². The lowest BCUT2D eigenvalue weighted by Crippen LogP contribution is -2.41. The van der Waals surface area contributed by atoms with Crippen LogP contribution in [0.25, 0.3) is 10.8 Å². The van der Waals surface area contributed by atoms with Gasteiger partial charge in [0.2, 0.25) is 0 Å². The Balaban J connectivity index is 1.61. The third kappa shape index (κ3) is 3.40. The SMILES string of the molecule is CC1(c2cccc3ccccc23)NC(=O)N(Cc2ccc(OC(F)F)cc2)C1=O. The number of urea groups is 1. The smallest absolute Gasteiger partial charge is 0.387 e. The van der Waals surface area contributed by atoms with Gasteiger partial charge in [-0.2, -0.15) is 8.78 Å². The van der Waals surface area contributed by atoms with Gasteiger partial charge in [-0.3, -0.25) is 9.69 Å². The fourth-order valence-corrected chi connectivity index (χ4v) is 3.64.